The molecule has 0 bridgehead atoms. The number of carbonyl (C=O) groups is 1. The van der Waals surface area contributed by atoms with E-state index in [1.54, 1.807) is 11.3 Å². The molecule has 2 aliphatic rings. The van der Waals surface area contributed by atoms with Crippen LogP contribution in [0, 0.1) is 0 Å². The Morgan fingerprint density at radius 1 is 1.53 bits per heavy atom. The largest absolute Gasteiger partial charge is 0.353 e. The van der Waals surface area contributed by atoms with Crippen LogP contribution in [0.2, 0.25) is 0 Å². The number of hydrogen-bond acceptors (Lipinski definition) is 4. The van der Waals surface area contributed by atoms with E-state index in [1.807, 2.05) is 0 Å². The van der Waals surface area contributed by atoms with Crippen molar-refractivity contribution < 1.29 is 4.79 Å². The van der Waals surface area contributed by atoms with E-state index in [1.165, 1.54) is 5.56 Å². The van der Waals surface area contributed by atoms with Crippen LogP contribution < -0.4 is 5.32 Å². The average Bonchev–Trinajstić information content (AvgIpc) is 3.04. The van der Waals surface area contributed by atoms with E-state index >= 15 is 0 Å². The van der Waals surface area contributed by atoms with E-state index in [4.69, 9.17) is 0 Å². The molecule has 1 aromatic rings. The Balaban J connectivity index is 1.67. The van der Waals surface area contributed by atoms with Gasteiger partial charge in [0.05, 0.1) is 12.1 Å². The molecular weight excluding hydrogens is 258 g/mol. The molecular formula is C14H21N3OS. The van der Waals surface area contributed by atoms with Gasteiger partial charge in [0, 0.05) is 26.2 Å². The quantitative estimate of drug-likeness (QED) is 0.901. The molecule has 1 atom stereocenters. The third-order valence-electron chi connectivity index (χ3n) is 4.40. The second-order valence-electron chi connectivity index (χ2n) is 5.61. The molecule has 19 heavy (non-hydrogen) atoms. The molecule has 4 nitrogen and oxygen atoms in total. The molecule has 1 aromatic heterocycles. The SMILES string of the molecule is CCN1CC(=O)NC[C@@]12CCN(Cc1ccsc1)C2. The van der Waals surface area contributed by atoms with Crippen molar-refractivity contribution in [1.82, 2.24) is 15.1 Å². The van der Waals surface area contributed by atoms with Crippen LogP contribution >= 0.6 is 11.3 Å². The van der Waals surface area contributed by atoms with Gasteiger partial charge in [-0.3, -0.25) is 14.6 Å². The predicted octanol–water partition coefficient (Wildman–Crippen LogP) is 1.14. The maximum atomic E-state index is 11.5. The average molecular weight is 279 g/mol. The lowest BCUT2D eigenvalue weighted by Gasteiger charge is -2.44. The normalized spacial score (nSPS) is 29.0. The van der Waals surface area contributed by atoms with Gasteiger partial charge in [0.2, 0.25) is 5.91 Å². The maximum Gasteiger partial charge on any atom is 0.234 e. The van der Waals surface area contributed by atoms with Gasteiger partial charge >= 0.3 is 0 Å². The first-order chi connectivity index (χ1) is 9.22. The number of carbonyl (C=O) groups excluding carboxylic acids is 1. The van der Waals surface area contributed by atoms with Crippen LogP contribution in [0.5, 0.6) is 0 Å². The van der Waals surface area contributed by atoms with Crippen LogP contribution in [-0.2, 0) is 11.3 Å². The second kappa shape index (κ2) is 5.23. The van der Waals surface area contributed by atoms with Gasteiger partial charge in [-0.2, -0.15) is 11.3 Å². The van der Waals surface area contributed by atoms with E-state index in [0.717, 1.165) is 39.1 Å². The smallest absolute Gasteiger partial charge is 0.234 e. The number of thiophene rings is 1. The molecule has 104 valence electrons. The van der Waals surface area contributed by atoms with Crippen molar-refractivity contribution in [2.24, 2.45) is 0 Å². The van der Waals surface area contributed by atoms with Gasteiger partial charge in [-0.05, 0) is 35.4 Å². The van der Waals surface area contributed by atoms with Crippen LogP contribution in [0.4, 0.5) is 0 Å². The Morgan fingerprint density at radius 3 is 3.16 bits per heavy atom. The van der Waals surface area contributed by atoms with E-state index in [2.05, 4.69) is 38.9 Å². The fourth-order valence-corrected chi connectivity index (χ4v) is 4.00. The van der Waals surface area contributed by atoms with Gasteiger partial charge in [-0.15, -0.1) is 0 Å². The summed E-state index contributed by atoms with van der Waals surface area (Å²) in [7, 11) is 0. The first kappa shape index (κ1) is 13.1. The summed E-state index contributed by atoms with van der Waals surface area (Å²) < 4.78 is 0. The van der Waals surface area contributed by atoms with Crippen LogP contribution in [-0.4, -0.2) is 54.0 Å². The second-order valence-corrected chi connectivity index (χ2v) is 6.39. The number of nitrogens with one attached hydrogen (secondary N) is 1. The van der Waals surface area contributed by atoms with Crippen molar-refractivity contribution in [2.75, 3.05) is 32.7 Å². The number of piperazine rings is 1. The highest BCUT2D eigenvalue weighted by Gasteiger charge is 2.45. The Bertz CT molecular complexity index is 448. The van der Waals surface area contributed by atoms with Crippen LogP contribution in [0.1, 0.15) is 18.9 Å². The number of amides is 1. The number of rotatable bonds is 3. The standard InChI is InChI=1S/C14H21N3OS/c1-2-17-8-13(18)15-10-14(17)4-5-16(11-14)7-12-3-6-19-9-12/h3,6,9H,2,4-5,7-8,10-11H2,1H3,(H,15,18)/t14-/m1/s1. The molecule has 2 saturated heterocycles. The van der Waals surface area contributed by atoms with E-state index in [0.29, 0.717) is 6.54 Å². The zero-order valence-corrected chi connectivity index (χ0v) is 12.2. The molecule has 1 spiro atoms. The minimum atomic E-state index is 0.165. The van der Waals surface area contributed by atoms with Gasteiger partial charge in [-0.1, -0.05) is 6.92 Å². The van der Waals surface area contributed by atoms with Crippen LogP contribution in [0.15, 0.2) is 16.8 Å². The maximum absolute atomic E-state index is 11.5. The molecule has 3 rings (SSSR count). The fourth-order valence-electron chi connectivity index (χ4n) is 3.34. The summed E-state index contributed by atoms with van der Waals surface area (Å²) in [5.41, 5.74) is 1.57. The molecule has 2 aliphatic heterocycles. The minimum absolute atomic E-state index is 0.165. The lowest BCUT2D eigenvalue weighted by molar-refractivity contribution is -0.128. The van der Waals surface area contributed by atoms with E-state index < -0.39 is 0 Å². The summed E-state index contributed by atoms with van der Waals surface area (Å²) in [5, 5.41) is 7.42. The third kappa shape index (κ3) is 2.55. The summed E-state index contributed by atoms with van der Waals surface area (Å²) in [6.45, 7) is 7.71. The minimum Gasteiger partial charge on any atom is -0.353 e. The van der Waals surface area contributed by atoms with Gasteiger partial charge in [-0.25, -0.2) is 0 Å². The lowest BCUT2D eigenvalue weighted by atomic mass is 9.93. The monoisotopic (exact) mass is 279 g/mol. The third-order valence-corrected chi connectivity index (χ3v) is 5.13. The number of nitrogens with zero attached hydrogens (tertiary/aromatic N) is 2. The molecule has 0 radical (unpaired) electrons. The fraction of sp³-hybridized carbons (Fsp3) is 0.643. The topological polar surface area (TPSA) is 35.6 Å². The number of hydrogen-bond donors (Lipinski definition) is 1. The van der Waals surface area contributed by atoms with Crippen molar-refractivity contribution in [3.05, 3.63) is 22.4 Å². The highest BCUT2D eigenvalue weighted by molar-refractivity contribution is 7.07. The summed E-state index contributed by atoms with van der Waals surface area (Å²) in [4.78, 5) is 16.4. The van der Waals surface area contributed by atoms with E-state index in [9.17, 15) is 4.79 Å². The zero-order chi connectivity index (χ0) is 13.3. The van der Waals surface area contributed by atoms with Crippen molar-refractivity contribution >= 4 is 17.2 Å². The van der Waals surface area contributed by atoms with Crippen molar-refractivity contribution in [3.63, 3.8) is 0 Å². The van der Waals surface area contributed by atoms with Crippen molar-refractivity contribution in [1.29, 1.82) is 0 Å². The molecule has 1 N–H and O–H groups in total. The molecule has 3 heterocycles. The Labute approximate surface area is 118 Å². The Hall–Kier alpha value is -0.910. The molecule has 5 heteroatoms. The molecule has 2 fully saturated rings. The number of likely N-dealkylation sites (N-methyl/N-ethyl adjacent to an activating group) is 1. The summed E-state index contributed by atoms with van der Waals surface area (Å²) in [6.07, 6.45) is 1.16. The van der Waals surface area contributed by atoms with Gasteiger partial charge in [0.15, 0.2) is 0 Å². The van der Waals surface area contributed by atoms with Crippen LogP contribution in [0.25, 0.3) is 0 Å². The molecule has 0 aliphatic carbocycles. The molecule has 0 saturated carbocycles. The molecule has 0 unspecified atom stereocenters. The van der Waals surface area contributed by atoms with Crippen LogP contribution in [0.3, 0.4) is 0 Å². The summed E-state index contributed by atoms with van der Waals surface area (Å²) >= 11 is 1.76. The number of likely N-dealkylation sites (tertiary alicyclic amines) is 1. The van der Waals surface area contributed by atoms with Crippen molar-refractivity contribution in [3.8, 4) is 0 Å². The van der Waals surface area contributed by atoms with E-state index in [-0.39, 0.29) is 11.4 Å². The first-order valence-corrected chi connectivity index (χ1v) is 7.91. The van der Waals surface area contributed by atoms with Gasteiger partial charge in [0.1, 0.15) is 0 Å². The zero-order valence-electron chi connectivity index (χ0n) is 11.4. The van der Waals surface area contributed by atoms with Gasteiger partial charge in [0.25, 0.3) is 0 Å². The highest BCUT2D eigenvalue weighted by Crippen LogP contribution is 2.30. The summed E-state index contributed by atoms with van der Waals surface area (Å²) in [6, 6.07) is 2.20. The highest BCUT2D eigenvalue weighted by atomic mass is 32.1. The lowest BCUT2D eigenvalue weighted by Crippen LogP contribution is -2.64. The molecule has 0 aromatic carbocycles. The Kier molecular flexibility index (Phi) is 3.60. The van der Waals surface area contributed by atoms with Crippen molar-refractivity contribution in [2.45, 2.75) is 25.4 Å². The predicted molar refractivity (Wildman–Crippen MR) is 77.2 cm³/mol. The van der Waals surface area contributed by atoms with Gasteiger partial charge < -0.3 is 5.32 Å². The summed E-state index contributed by atoms with van der Waals surface area (Å²) in [5.74, 6) is 0.170. The first-order valence-electron chi connectivity index (χ1n) is 6.97. The Morgan fingerprint density at radius 2 is 2.42 bits per heavy atom. The molecule has 1 amide bonds.